The number of hydrogen-bond acceptors (Lipinski definition) is 4. The van der Waals surface area contributed by atoms with Crippen molar-refractivity contribution in [3.8, 4) is 0 Å². The fourth-order valence-corrected chi connectivity index (χ4v) is 6.14. The molecule has 3 aliphatic heterocycles. The van der Waals surface area contributed by atoms with Gasteiger partial charge >= 0.3 is 0 Å². The van der Waals surface area contributed by atoms with E-state index < -0.39 is 21.0 Å². The average molecular weight is 246 g/mol. The maximum atomic E-state index is 11.9. The van der Waals surface area contributed by atoms with E-state index in [1.54, 1.807) is 0 Å². The summed E-state index contributed by atoms with van der Waals surface area (Å²) in [5, 5.41) is -0.468. The van der Waals surface area contributed by atoms with Crippen LogP contribution in [0.4, 0.5) is 0 Å². The third kappa shape index (κ3) is 1.00. The molecule has 5 atom stereocenters. The molecule has 0 aromatic carbocycles. The summed E-state index contributed by atoms with van der Waals surface area (Å²) >= 11 is 0. The summed E-state index contributed by atoms with van der Waals surface area (Å²) in [6.45, 7) is 8.12. The summed E-state index contributed by atoms with van der Waals surface area (Å²) < 4.78 is 35.1. The van der Waals surface area contributed by atoms with E-state index in [2.05, 4.69) is 13.8 Å². The molecule has 0 saturated carbocycles. The second-order valence-electron chi connectivity index (χ2n) is 6.07. The van der Waals surface area contributed by atoms with Crippen LogP contribution in [0.15, 0.2) is 0 Å². The van der Waals surface area contributed by atoms with Gasteiger partial charge in [0, 0.05) is 5.92 Å². The van der Waals surface area contributed by atoms with Gasteiger partial charge in [0.1, 0.15) is 17.0 Å². The molecular weight excluding hydrogens is 228 g/mol. The highest BCUT2D eigenvalue weighted by atomic mass is 32.2. The lowest BCUT2D eigenvalue weighted by Crippen LogP contribution is -2.47. The molecule has 92 valence electrons. The molecule has 4 nitrogen and oxygen atoms in total. The van der Waals surface area contributed by atoms with Crippen LogP contribution in [0.5, 0.6) is 0 Å². The minimum Gasteiger partial charge on any atom is -0.364 e. The second kappa shape index (κ2) is 2.65. The van der Waals surface area contributed by atoms with Gasteiger partial charge in [0.15, 0.2) is 0 Å². The van der Waals surface area contributed by atoms with E-state index in [-0.39, 0.29) is 17.6 Å². The summed E-state index contributed by atoms with van der Waals surface area (Å²) in [6.07, 6.45) is 0.284. The summed E-state index contributed by atoms with van der Waals surface area (Å²) in [5.41, 5.74) is -0.954. The summed E-state index contributed by atoms with van der Waals surface area (Å²) in [4.78, 5) is 0. The fraction of sp³-hybridized carbons (Fsp3) is 1.00. The fourth-order valence-electron chi connectivity index (χ4n) is 4.11. The van der Waals surface area contributed by atoms with Crippen LogP contribution >= 0.6 is 0 Å². The Morgan fingerprint density at radius 2 is 1.94 bits per heavy atom. The summed E-state index contributed by atoms with van der Waals surface area (Å²) in [5.74, 6) is 0.539. The molecule has 16 heavy (non-hydrogen) atoms. The zero-order valence-corrected chi connectivity index (χ0v) is 10.9. The van der Waals surface area contributed by atoms with Crippen LogP contribution in [-0.4, -0.2) is 31.0 Å². The smallest absolute Gasteiger partial charge is 0.273 e. The van der Waals surface area contributed by atoms with Crippen molar-refractivity contribution in [1.29, 1.82) is 0 Å². The molecule has 3 fully saturated rings. The van der Waals surface area contributed by atoms with Crippen LogP contribution in [-0.2, 0) is 19.0 Å². The molecule has 0 spiro atoms. The molecule has 0 aromatic rings. The van der Waals surface area contributed by atoms with Crippen molar-refractivity contribution in [3.05, 3.63) is 0 Å². The Morgan fingerprint density at radius 3 is 2.50 bits per heavy atom. The largest absolute Gasteiger partial charge is 0.364 e. The third-order valence-electron chi connectivity index (χ3n) is 4.58. The standard InChI is InChI=1S/C11H18O4S/c1-6(2)8-9-11(4)7(16(12,13)14-9)5-10(8,3)15-11/h6-9H,5H2,1-4H3. The van der Waals surface area contributed by atoms with E-state index in [4.69, 9.17) is 8.92 Å². The van der Waals surface area contributed by atoms with Crippen molar-refractivity contribution in [3.63, 3.8) is 0 Å². The molecule has 0 aliphatic carbocycles. The van der Waals surface area contributed by atoms with Crippen LogP contribution in [0.1, 0.15) is 34.1 Å². The van der Waals surface area contributed by atoms with E-state index in [1.807, 2.05) is 13.8 Å². The van der Waals surface area contributed by atoms with Crippen LogP contribution in [0.2, 0.25) is 0 Å². The zero-order valence-electron chi connectivity index (χ0n) is 10.1. The Hall–Kier alpha value is -0.130. The molecule has 5 heteroatoms. The average Bonchev–Trinajstić information content (AvgIpc) is 2.50. The topological polar surface area (TPSA) is 52.6 Å². The lowest BCUT2D eigenvalue weighted by molar-refractivity contribution is -0.0461. The van der Waals surface area contributed by atoms with E-state index in [0.29, 0.717) is 12.3 Å². The molecule has 2 bridgehead atoms. The van der Waals surface area contributed by atoms with Crippen LogP contribution < -0.4 is 0 Å². The first-order chi connectivity index (χ1) is 7.21. The third-order valence-corrected chi connectivity index (χ3v) is 6.39. The van der Waals surface area contributed by atoms with E-state index >= 15 is 0 Å². The Labute approximate surface area is 96.4 Å². The van der Waals surface area contributed by atoms with Gasteiger partial charge in [-0.15, -0.1) is 0 Å². The normalized spacial score (nSPS) is 57.4. The van der Waals surface area contributed by atoms with Gasteiger partial charge in [-0.3, -0.25) is 4.18 Å². The van der Waals surface area contributed by atoms with Gasteiger partial charge in [-0.05, 0) is 26.2 Å². The first-order valence-electron chi connectivity index (χ1n) is 5.83. The van der Waals surface area contributed by atoms with E-state index in [0.717, 1.165) is 0 Å². The SMILES string of the molecule is CC(C)C1C2OS(=O)(=O)C3CC1(C)OC23C. The minimum absolute atomic E-state index is 0.172. The molecule has 0 radical (unpaired) electrons. The minimum atomic E-state index is -3.42. The van der Waals surface area contributed by atoms with Crippen molar-refractivity contribution in [2.24, 2.45) is 11.8 Å². The van der Waals surface area contributed by atoms with Gasteiger partial charge in [-0.2, -0.15) is 8.42 Å². The maximum Gasteiger partial charge on any atom is 0.273 e. The van der Waals surface area contributed by atoms with Gasteiger partial charge in [-0.1, -0.05) is 13.8 Å². The number of hydrogen-bond donors (Lipinski definition) is 0. The predicted octanol–water partition coefficient (Wildman–Crippen LogP) is 1.31. The number of ether oxygens (including phenoxy) is 1. The van der Waals surface area contributed by atoms with Gasteiger partial charge in [0.05, 0.1) is 5.60 Å². The van der Waals surface area contributed by atoms with Gasteiger partial charge < -0.3 is 4.74 Å². The number of fused-ring (bicyclic) bond motifs is 1. The monoisotopic (exact) mass is 246 g/mol. The molecular formula is C11H18O4S. The molecule has 3 rings (SSSR count). The van der Waals surface area contributed by atoms with Crippen molar-refractivity contribution in [2.45, 2.75) is 56.7 Å². The first-order valence-corrected chi connectivity index (χ1v) is 7.30. The second-order valence-corrected chi connectivity index (χ2v) is 7.82. The highest BCUT2D eigenvalue weighted by molar-refractivity contribution is 7.87. The quantitative estimate of drug-likeness (QED) is 0.655. The van der Waals surface area contributed by atoms with Crippen LogP contribution in [0.3, 0.4) is 0 Å². The lowest BCUT2D eigenvalue weighted by Gasteiger charge is -2.34. The molecule has 5 unspecified atom stereocenters. The molecule has 0 amide bonds. The summed E-state index contributed by atoms with van der Waals surface area (Å²) in [6, 6.07) is 0. The van der Waals surface area contributed by atoms with Gasteiger partial charge in [0.2, 0.25) is 0 Å². The van der Waals surface area contributed by atoms with E-state index in [9.17, 15) is 8.42 Å². The van der Waals surface area contributed by atoms with Crippen LogP contribution in [0, 0.1) is 11.8 Å². The van der Waals surface area contributed by atoms with Crippen molar-refractivity contribution < 1.29 is 17.3 Å². The Balaban J connectivity index is 2.15. The Kier molecular flexibility index (Phi) is 1.82. The first kappa shape index (κ1) is 11.0. The highest BCUT2D eigenvalue weighted by Gasteiger charge is 2.76. The molecule has 3 heterocycles. The predicted molar refractivity (Wildman–Crippen MR) is 58.4 cm³/mol. The molecule has 0 N–H and O–H groups in total. The molecule has 3 aliphatic rings. The Bertz CT molecular complexity index is 443. The molecule has 0 aromatic heterocycles. The van der Waals surface area contributed by atoms with Crippen molar-refractivity contribution in [2.75, 3.05) is 0 Å². The maximum absolute atomic E-state index is 11.9. The summed E-state index contributed by atoms with van der Waals surface area (Å²) in [7, 11) is -3.42. The van der Waals surface area contributed by atoms with E-state index in [1.165, 1.54) is 0 Å². The van der Waals surface area contributed by atoms with Crippen molar-refractivity contribution >= 4 is 10.1 Å². The Morgan fingerprint density at radius 1 is 1.31 bits per heavy atom. The van der Waals surface area contributed by atoms with Gasteiger partial charge in [-0.25, -0.2) is 0 Å². The van der Waals surface area contributed by atoms with Crippen molar-refractivity contribution in [1.82, 2.24) is 0 Å². The molecule has 3 saturated heterocycles. The lowest BCUT2D eigenvalue weighted by atomic mass is 9.68. The number of rotatable bonds is 1. The van der Waals surface area contributed by atoms with Gasteiger partial charge in [0.25, 0.3) is 10.1 Å². The van der Waals surface area contributed by atoms with Crippen LogP contribution in [0.25, 0.3) is 0 Å². The zero-order chi connectivity index (χ0) is 11.9. The highest BCUT2D eigenvalue weighted by Crippen LogP contribution is 2.63.